The molecular weight excluding hydrogens is 308 g/mol. The standard InChI is InChI=1S/C14H16N2O5S/c1-4-16-13(19)8-5-10(20-2)11(21-3)6-9(8)15-14(16)22-7-12(17)18/h5-6H,4,7H2,1-3H3,(H,17,18)/p-1. The molecule has 0 fully saturated rings. The second-order valence-corrected chi connectivity index (χ2v) is 5.27. The zero-order valence-electron chi connectivity index (χ0n) is 12.4. The van der Waals surface area contributed by atoms with Crippen LogP contribution in [0.25, 0.3) is 10.9 Å². The Morgan fingerprint density at radius 3 is 2.50 bits per heavy atom. The molecule has 0 aliphatic heterocycles. The molecule has 0 unspecified atom stereocenters. The molecule has 0 amide bonds. The molecule has 2 aromatic rings. The lowest BCUT2D eigenvalue weighted by Crippen LogP contribution is -2.26. The minimum Gasteiger partial charge on any atom is -0.549 e. The highest BCUT2D eigenvalue weighted by atomic mass is 32.2. The summed E-state index contributed by atoms with van der Waals surface area (Å²) in [6.07, 6.45) is 0. The zero-order valence-corrected chi connectivity index (χ0v) is 13.2. The van der Waals surface area contributed by atoms with Crippen molar-refractivity contribution in [2.24, 2.45) is 0 Å². The smallest absolute Gasteiger partial charge is 0.262 e. The number of carbonyl (C=O) groups excluding carboxylic acids is 1. The van der Waals surface area contributed by atoms with Gasteiger partial charge in [-0.2, -0.15) is 0 Å². The predicted octanol–water partition coefficient (Wildman–Crippen LogP) is 0.276. The third kappa shape index (κ3) is 3.01. The van der Waals surface area contributed by atoms with Gasteiger partial charge in [-0.05, 0) is 13.0 Å². The van der Waals surface area contributed by atoms with Gasteiger partial charge in [-0.1, -0.05) is 11.8 Å². The number of hydrogen-bond donors (Lipinski definition) is 0. The number of thioether (sulfide) groups is 1. The molecule has 0 atom stereocenters. The quantitative estimate of drug-likeness (QED) is 0.556. The van der Waals surface area contributed by atoms with E-state index in [0.717, 1.165) is 11.8 Å². The number of nitrogens with zero attached hydrogens (tertiary/aromatic N) is 2. The fourth-order valence-corrected chi connectivity index (χ4v) is 2.82. The van der Waals surface area contributed by atoms with Crippen molar-refractivity contribution >= 4 is 28.6 Å². The highest BCUT2D eigenvalue weighted by molar-refractivity contribution is 7.99. The third-order valence-corrected chi connectivity index (χ3v) is 4.01. The molecule has 0 bridgehead atoms. The molecule has 1 aromatic heterocycles. The molecule has 1 heterocycles. The molecule has 7 nitrogen and oxygen atoms in total. The van der Waals surface area contributed by atoms with Crippen LogP contribution >= 0.6 is 11.8 Å². The summed E-state index contributed by atoms with van der Waals surface area (Å²) < 4.78 is 11.8. The maximum Gasteiger partial charge on any atom is 0.262 e. The highest BCUT2D eigenvalue weighted by Crippen LogP contribution is 2.30. The average molecular weight is 323 g/mol. The molecule has 0 aliphatic carbocycles. The first-order valence-electron chi connectivity index (χ1n) is 6.51. The van der Waals surface area contributed by atoms with E-state index in [1.165, 1.54) is 18.8 Å². The SMILES string of the molecule is CCn1c(SCC(=O)[O-])nc2cc(OC)c(OC)cc2c1=O. The molecule has 2 rings (SSSR count). The zero-order chi connectivity index (χ0) is 16.3. The third-order valence-electron chi connectivity index (χ3n) is 3.06. The Kier molecular flexibility index (Phi) is 4.92. The second kappa shape index (κ2) is 6.69. The Morgan fingerprint density at radius 2 is 1.95 bits per heavy atom. The van der Waals surface area contributed by atoms with Gasteiger partial charge in [0.25, 0.3) is 5.56 Å². The number of aromatic nitrogens is 2. The molecule has 8 heteroatoms. The average Bonchev–Trinajstić information content (AvgIpc) is 2.51. The lowest BCUT2D eigenvalue weighted by Gasteiger charge is -2.13. The predicted molar refractivity (Wildman–Crippen MR) is 80.5 cm³/mol. The van der Waals surface area contributed by atoms with Gasteiger partial charge in [0.05, 0.1) is 31.1 Å². The number of aliphatic carboxylic acids is 1. The van der Waals surface area contributed by atoms with Crippen molar-refractivity contribution in [2.75, 3.05) is 20.0 Å². The minimum atomic E-state index is -1.21. The van der Waals surface area contributed by atoms with Crippen LogP contribution in [0.1, 0.15) is 6.92 Å². The van der Waals surface area contributed by atoms with Crippen LogP contribution in [0.3, 0.4) is 0 Å². The molecule has 0 N–H and O–H groups in total. The summed E-state index contributed by atoms with van der Waals surface area (Å²) in [5.41, 5.74) is 0.169. The van der Waals surface area contributed by atoms with E-state index in [9.17, 15) is 14.7 Å². The number of methoxy groups -OCH3 is 2. The van der Waals surface area contributed by atoms with E-state index in [2.05, 4.69) is 4.98 Å². The fourth-order valence-electron chi connectivity index (χ4n) is 2.04. The van der Waals surface area contributed by atoms with Gasteiger partial charge in [0.15, 0.2) is 16.7 Å². The number of rotatable bonds is 6. The summed E-state index contributed by atoms with van der Waals surface area (Å²) in [6, 6.07) is 3.17. The fraction of sp³-hybridized carbons (Fsp3) is 0.357. The van der Waals surface area contributed by atoms with Gasteiger partial charge in [-0.25, -0.2) is 4.98 Å². The monoisotopic (exact) mass is 323 g/mol. The molecule has 1 aromatic carbocycles. The van der Waals surface area contributed by atoms with Crippen LogP contribution < -0.4 is 20.1 Å². The Hall–Kier alpha value is -2.22. The van der Waals surface area contributed by atoms with E-state index in [4.69, 9.17) is 9.47 Å². The van der Waals surface area contributed by atoms with E-state index in [1.54, 1.807) is 19.1 Å². The summed E-state index contributed by atoms with van der Waals surface area (Å²) in [7, 11) is 2.97. The lowest BCUT2D eigenvalue weighted by molar-refractivity contribution is -0.301. The maximum absolute atomic E-state index is 12.5. The largest absolute Gasteiger partial charge is 0.549 e. The van der Waals surface area contributed by atoms with E-state index >= 15 is 0 Å². The summed E-state index contributed by atoms with van der Waals surface area (Å²) in [5.74, 6) is -0.599. The molecule has 0 saturated heterocycles. The van der Waals surface area contributed by atoms with Gasteiger partial charge in [0, 0.05) is 18.4 Å². The molecular formula is C14H15N2O5S-. The van der Waals surface area contributed by atoms with Crippen molar-refractivity contribution < 1.29 is 19.4 Å². The highest BCUT2D eigenvalue weighted by Gasteiger charge is 2.14. The van der Waals surface area contributed by atoms with Crippen LogP contribution in [-0.4, -0.2) is 35.5 Å². The molecule has 118 valence electrons. The van der Waals surface area contributed by atoms with Crippen LogP contribution in [0.5, 0.6) is 11.5 Å². The van der Waals surface area contributed by atoms with Crippen molar-refractivity contribution in [2.45, 2.75) is 18.6 Å². The molecule has 22 heavy (non-hydrogen) atoms. The number of fused-ring (bicyclic) bond motifs is 1. The molecule has 0 saturated carbocycles. The van der Waals surface area contributed by atoms with Crippen molar-refractivity contribution in [3.8, 4) is 11.5 Å². The number of carboxylic acids is 1. The van der Waals surface area contributed by atoms with E-state index < -0.39 is 5.97 Å². The second-order valence-electron chi connectivity index (χ2n) is 4.33. The number of benzene rings is 1. The first-order chi connectivity index (χ1) is 10.5. The Balaban J connectivity index is 2.67. The summed E-state index contributed by atoms with van der Waals surface area (Å²) >= 11 is 0.950. The summed E-state index contributed by atoms with van der Waals surface area (Å²) in [6.45, 7) is 2.17. The van der Waals surface area contributed by atoms with Gasteiger partial charge in [-0.15, -0.1) is 0 Å². The number of hydrogen-bond acceptors (Lipinski definition) is 7. The first kappa shape index (κ1) is 16.2. The Bertz CT molecular complexity index is 772. The maximum atomic E-state index is 12.5. The van der Waals surface area contributed by atoms with Gasteiger partial charge < -0.3 is 19.4 Å². The van der Waals surface area contributed by atoms with Crippen LogP contribution in [0.2, 0.25) is 0 Å². The van der Waals surface area contributed by atoms with Crippen LogP contribution in [0.4, 0.5) is 0 Å². The van der Waals surface area contributed by atoms with Gasteiger partial charge in [0.1, 0.15) is 0 Å². The number of carboxylic acid groups (broad SMARTS) is 1. The molecule has 0 radical (unpaired) electrons. The molecule has 0 aliphatic rings. The summed E-state index contributed by atoms with van der Waals surface area (Å²) in [4.78, 5) is 27.5. The van der Waals surface area contributed by atoms with E-state index in [-0.39, 0.29) is 11.3 Å². The first-order valence-corrected chi connectivity index (χ1v) is 7.49. The van der Waals surface area contributed by atoms with E-state index in [0.29, 0.717) is 34.1 Å². The molecule has 0 spiro atoms. The van der Waals surface area contributed by atoms with Gasteiger partial charge in [0.2, 0.25) is 0 Å². The van der Waals surface area contributed by atoms with Crippen molar-refractivity contribution in [3.63, 3.8) is 0 Å². The van der Waals surface area contributed by atoms with Crippen molar-refractivity contribution in [1.82, 2.24) is 9.55 Å². The minimum absolute atomic E-state index is 0.255. The van der Waals surface area contributed by atoms with Crippen LogP contribution in [0.15, 0.2) is 22.1 Å². The van der Waals surface area contributed by atoms with Crippen LogP contribution in [0, 0.1) is 0 Å². The Labute approximate surface area is 130 Å². The van der Waals surface area contributed by atoms with Gasteiger partial charge in [-0.3, -0.25) is 9.36 Å². The topological polar surface area (TPSA) is 93.5 Å². The van der Waals surface area contributed by atoms with Gasteiger partial charge >= 0.3 is 0 Å². The Morgan fingerprint density at radius 1 is 1.32 bits per heavy atom. The normalized spacial score (nSPS) is 10.7. The summed E-state index contributed by atoms with van der Waals surface area (Å²) in [5, 5.41) is 11.3. The number of carbonyl (C=O) groups is 1. The number of ether oxygens (including phenoxy) is 2. The van der Waals surface area contributed by atoms with E-state index in [1.807, 2.05) is 0 Å². The van der Waals surface area contributed by atoms with Crippen LogP contribution in [-0.2, 0) is 11.3 Å². The van der Waals surface area contributed by atoms with Crippen molar-refractivity contribution in [1.29, 1.82) is 0 Å². The lowest BCUT2D eigenvalue weighted by atomic mass is 10.2. The van der Waals surface area contributed by atoms with Crippen molar-refractivity contribution in [3.05, 3.63) is 22.5 Å².